The van der Waals surface area contributed by atoms with Crippen molar-refractivity contribution in [1.29, 1.82) is 0 Å². The van der Waals surface area contributed by atoms with E-state index < -0.39 is 5.97 Å². The summed E-state index contributed by atoms with van der Waals surface area (Å²) in [5.41, 5.74) is 0. The third-order valence-corrected chi connectivity index (χ3v) is 5.82. The van der Waals surface area contributed by atoms with Gasteiger partial charge in [0, 0.05) is 12.1 Å². The standard InChI is InChI=1S/C16H28N2O2/c1-17-10-8-13(9-11-17)18-14-5-3-2-4-12(14)6-7-15(18)16(19)20/h12-15H,2-11H2,1H3,(H,19,20). The molecular weight excluding hydrogens is 252 g/mol. The van der Waals surface area contributed by atoms with Gasteiger partial charge in [-0.2, -0.15) is 0 Å². The van der Waals surface area contributed by atoms with Gasteiger partial charge in [0.05, 0.1) is 0 Å². The van der Waals surface area contributed by atoms with Gasteiger partial charge in [0.15, 0.2) is 0 Å². The number of carbonyl (C=O) groups is 1. The SMILES string of the molecule is CN1CCC(N2C(C(=O)O)CCC3CCCCC32)CC1. The van der Waals surface area contributed by atoms with E-state index in [1.54, 1.807) is 0 Å². The lowest BCUT2D eigenvalue weighted by Crippen LogP contribution is -2.60. The van der Waals surface area contributed by atoms with Gasteiger partial charge in [-0.15, -0.1) is 0 Å². The molecule has 0 aromatic rings. The number of nitrogens with zero attached hydrogens (tertiary/aromatic N) is 2. The molecule has 0 aromatic heterocycles. The van der Waals surface area contributed by atoms with Crippen molar-refractivity contribution >= 4 is 5.97 Å². The van der Waals surface area contributed by atoms with Gasteiger partial charge in [-0.3, -0.25) is 9.69 Å². The van der Waals surface area contributed by atoms with Crippen LogP contribution in [0.25, 0.3) is 0 Å². The predicted octanol–water partition coefficient (Wildman–Crippen LogP) is 2.19. The number of aliphatic carboxylic acids is 1. The summed E-state index contributed by atoms with van der Waals surface area (Å²) in [6.07, 6.45) is 9.46. The van der Waals surface area contributed by atoms with E-state index in [0.29, 0.717) is 12.1 Å². The van der Waals surface area contributed by atoms with Crippen molar-refractivity contribution in [3.8, 4) is 0 Å². The van der Waals surface area contributed by atoms with Crippen LogP contribution in [0.4, 0.5) is 0 Å². The van der Waals surface area contributed by atoms with Gasteiger partial charge in [-0.25, -0.2) is 0 Å². The molecule has 0 amide bonds. The topological polar surface area (TPSA) is 43.8 Å². The van der Waals surface area contributed by atoms with Crippen molar-refractivity contribution in [2.24, 2.45) is 5.92 Å². The van der Waals surface area contributed by atoms with Gasteiger partial charge in [0.25, 0.3) is 0 Å². The molecule has 1 aliphatic carbocycles. The minimum Gasteiger partial charge on any atom is -0.480 e. The van der Waals surface area contributed by atoms with Gasteiger partial charge in [-0.05, 0) is 64.6 Å². The molecule has 4 nitrogen and oxygen atoms in total. The maximum atomic E-state index is 11.7. The van der Waals surface area contributed by atoms with E-state index in [1.807, 2.05) is 0 Å². The summed E-state index contributed by atoms with van der Waals surface area (Å²) in [7, 11) is 2.17. The highest BCUT2D eigenvalue weighted by Crippen LogP contribution is 2.40. The van der Waals surface area contributed by atoms with Crippen LogP contribution in [-0.4, -0.2) is 59.1 Å². The van der Waals surface area contributed by atoms with Gasteiger partial charge in [0.2, 0.25) is 0 Å². The molecule has 2 heterocycles. The van der Waals surface area contributed by atoms with Gasteiger partial charge < -0.3 is 10.0 Å². The maximum Gasteiger partial charge on any atom is 0.320 e. The quantitative estimate of drug-likeness (QED) is 0.842. The third-order valence-electron chi connectivity index (χ3n) is 5.82. The molecule has 3 unspecified atom stereocenters. The van der Waals surface area contributed by atoms with E-state index in [4.69, 9.17) is 0 Å². The molecule has 20 heavy (non-hydrogen) atoms. The zero-order valence-electron chi connectivity index (χ0n) is 12.6. The number of hydrogen-bond acceptors (Lipinski definition) is 3. The van der Waals surface area contributed by atoms with Crippen molar-refractivity contribution in [1.82, 2.24) is 9.80 Å². The van der Waals surface area contributed by atoms with Crippen LogP contribution in [0, 0.1) is 5.92 Å². The Balaban J connectivity index is 1.78. The first-order valence-corrected chi connectivity index (χ1v) is 8.35. The Kier molecular flexibility index (Phi) is 4.32. The largest absolute Gasteiger partial charge is 0.480 e. The molecule has 2 saturated heterocycles. The Morgan fingerprint density at radius 2 is 1.70 bits per heavy atom. The highest BCUT2D eigenvalue weighted by atomic mass is 16.4. The first-order valence-electron chi connectivity index (χ1n) is 8.35. The minimum atomic E-state index is -0.590. The van der Waals surface area contributed by atoms with Crippen LogP contribution in [-0.2, 0) is 4.79 Å². The lowest BCUT2D eigenvalue weighted by atomic mass is 9.75. The zero-order valence-corrected chi connectivity index (χ0v) is 12.6. The Labute approximate surface area is 122 Å². The van der Waals surface area contributed by atoms with E-state index in [9.17, 15) is 9.90 Å². The smallest absolute Gasteiger partial charge is 0.320 e. The number of likely N-dealkylation sites (tertiary alicyclic amines) is 2. The lowest BCUT2D eigenvalue weighted by Gasteiger charge is -2.52. The Bertz CT molecular complexity index is 352. The molecule has 0 radical (unpaired) electrons. The van der Waals surface area contributed by atoms with Crippen molar-refractivity contribution in [3.63, 3.8) is 0 Å². The first kappa shape index (κ1) is 14.3. The Morgan fingerprint density at radius 3 is 2.40 bits per heavy atom. The lowest BCUT2D eigenvalue weighted by molar-refractivity contribution is -0.151. The summed E-state index contributed by atoms with van der Waals surface area (Å²) in [5, 5.41) is 9.63. The van der Waals surface area contributed by atoms with E-state index in [-0.39, 0.29) is 6.04 Å². The molecule has 3 rings (SSSR count). The third kappa shape index (κ3) is 2.73. The summed E-state index contributed by atoms with van der Waals surface area (Å²) in [5.74, 6) is 0.173. The molecule has 3 atom stereocenters. The number of piperidine rings is 2. The molecule has 4 heteroatoms. The minimum absolute atomic E-state index is 0.220. The predicted molar refractivity (Wildman–Crippen MR) is 78.8 cm³/mol. The Morgan fingerprint density at radius 1 is 1.00 bits per heavy atom. The molecule has 3 fully saturated rings. The summed E-state index contributed by atoms with van der Waals surface area (Å²) in [4.78, 5) is 16.5. The molecule has 3 aliphatic rings. The number of hydrogen-bond donors (Lipinski definition) is 1. The van der Waals surface area contributed by atoms with Crippen LogP contribution in [0.5, 0.6) is 0 Å². The van der Waals surface area contributed by atoms with Crippen LogP contribution in [0.2, 0.25) is 0 Å². The molecule has 0 bridgehead atoms. The molecule has 2 aliphatic heterocycles. The summed E-state index contributed by atoms with van der Waals surface area (Å²) in [6.45, 7) is 2.23. The number of carboxylic acids is 1. The second-order valence-corrected chi connectivity index (χ2v) is 7.02. The molecule has 1 N–H and O–H groups in total. The number of fused-ring (bicyclic) bond motifs is 1. The average molecular weight is 280 g/mol. The molecule has 114 valence electrons. The van der Waals surface area contributed by atoms with Gasteiger partial charge >= 0.3 is 5.97 Å². The molecule has 0 spiro atoms. The normalized spacial score (nSPS) is 37.5. The summed E-state index contributed by atoms with van der Waals surface area (Å²) in [6, 6.07) is 0.827. The van der Waals surface area contributed by atoms with Crippen molar-refractivity contribution < 1.29 is 9.90 Å². The van der Waals surface area contributed by atoms with Crippen LogP contribution >= 0.6 is 0 Å². The monoisotopic (exact) mass is 280 g/mol. The average Bonchev–Trinajstić information content (AvgIpc) is 2.47. The highest BCUT2D eigenvalue weighted by molar-refractivity contribution is 5.73. The van der Waals surface area contributed by atoms with E-state index in [0.717, 1.165) is 44.7 Å². The maximum absolute atomic E-state index is 11.7. The van der Waals surface area contributed by atoms with Crippen molar-refractivity contribution in [3.05, 3.63) is 0 Å². The van der Waals surface area contributed by atoms with Crippen LogP contribution < -0.4 is 0 Å². The van der Waals surface area contributed by atoms with Crippen molar-refractivity contribution in [2.45, 2.75) is 69.5 Å². The second kappa shape index (κ2) is 6.02. The Hall–Kier alpha value is -0.610. The van der Waals surface area contributed by atoms with Crippen LogP contribution in [0.3, 0.4) is 0 Å². The van der Waals surface area contributed by atoms with Crippen LogP contribution in [0.1, 0.15) is 51.4 Å². The van der Waals surface area contributed by atoms with E-state index in [1.165, 1.54) is 25.7 Å². The van der Waals surface area contributed by atoms with E-state index >= 15 is 0 Å². The van der Waals surface area contributed by atoms with Crippen molar-refractivity contribution in [2.75, 3.05) is 20.1 Å². The second-order valence-electron chi connectivity index (χ2n) is 7.02. The zero-order chi connectivity index (χ0) is 14.1. The van der Waals surface area contributed by atoms with Gasteiger partial charge in [-0.1, -0.05) is 12.8 Å². The van der Waals surface area contributed by atoms with Gasteiger partial charge in [0.1, 0.15) is 6.04 Å². The summed E-state index contributed by atoms with van der Waals surface area (Å²) >= 11 is 0. The molecule has 0 aromatic carbocycles. The van der Waals surface area contributed by atoms with Crippen LogP contribution in [0.15, 0.2) is 0 Å². The fourth-order valence-corrected chi connectivity index (χ4v) is 4.74. The highest BCUT2D eigenvalue weighted by Gasteiger charge is 2.44. The fraction of sp³-hybridized carbons (Fsp3) is 0.938. The van der Waals surface area contributed by atoms with E-state index in [2.05, 4.69) is 16.8 Å². The molecule has 1 saturated carbocycles. The number of carboxylic acid groups (broad SMARTS) is 1. The molecular formula is C16H28N2O2. The number of rotatable bonds is 2. The summed E-state index contributed by atoms with van der Waals surface area (Å²) < 4.78 is 0. The fourth-order valence-electron chi connectivity index (χ4n) is 4.74. The first-order chi connectivity index (χ1) is 9.66.